The zero-order chi connectivity index (χ0) is 32.9. The van der Waals surface area contributed by atoms with Gasteiger partial charge in [-0.1, -0.05) is 6.07 Å². The van der Waals surface area contributed by atoms with Crippen LogP contribution >= 0.6 is 0 Å². The Hall–Kier alpha value is -4.99. The zero-order valence-corrected chi connectivity index (χ0v) is 22.9. The number of hydrogen-bond acceptors (Lipinski definition) is 7. The molecule has 1 aliphatic rings. The van der Waals surface area contributed by atoms with Crippen LogP contribution in [0.15, 0.2) is 60.8 Å². The quantitative estimate of drug-likeness (QED) is 0.251. The third-order valence-electron chi connectivity index (χ3n) is 7.29. The van der Waals surface area contributed by atoms with Crippen LogP contribution in [0.3, 0.4) is 0 Å². The van der Waals surface area contributed by atoms with E-state index >= 15 is 0 Å². The van der Waals surface area contributed by atoms with Gasteiger partial charge in [-0.2, -0.15) is 13.2 Å². The maximum absolute atomic E-state index is 14.6. The number of rotatable bonds is 7. The predicted molar refractivity (Wildman–Crippen MR) is 142 cm³/mol. The number of nitrogens with one attached hydrogen (secondary N) is 1. The minimum Gasteiger partial charge on any atom is -0.489 e. The Bertz CT molecular complexity index is 1810. The Morgan fingerprint density at radius 3 is 2.40 bits per heavy atom. The van der Waals surface area contributed by atoms with Crippen LogP contribution in [0.1, 0.15) is 28.5 Å². The van der Waals surface area contributed by atoms with E-state index in [-0.39, 0.29) is 40.1 Å². The molecular formula is C29H21F7N4O5. The Labute approximate surface area is 248 Å². The molecule has 16 heteroatoms. The maximum Gasteiger partial charge on any atom is 0.573 e. The van der Waals surface area contributed by atoms with Crippen molar-refractivity contribution in [1.82, 2.24) is 15.3 Å². The lowest BCUT2D eigenvalue weighted by Crippen LogP contribution is -2.51. The lowest BCUT2D eigenvalue weighted by Gasteiger charge is -2.31. The minimum absolute atomic E-state index is 0.00505. The number of carbonyl (C=O) groups is 2. The SMILES string of the molecule is C[C@]1(C(N)=O)COc2c1cc([C@@](O)(CNC(=O)c1cc(OC(F)(F)F)c3ncccc3c1)C(F)(F)F)nc2-c1ccc(F)cc1. The van der Waals surface area contributed by atoms with E-state index in [0.29, 0.717) is 6.07 Å². The number of primary amides is 1. The Morgan fingerprint density at radius 2 is 1.78 bits per heavy atom. The van der Waals surface area contributed by atoms with Gasteiger partial charge in [0.15, 0.2) is 5.75 Å². The zero-order valence-electron chi connectivity index (χ0n) is 22.9. The molecule has 0 bridgehead atoms. The summed E-state index contributed by atoms with van der Waals surface area (Å²) in [6.45, 7) is -0.640. The summed E-state index contributed by atoms with van der Waals surface area (Å²) in [5.74, 6) is -3.94. The number of nitrogens with two attached hydrogens (primary N) is 1. The minimum atomic E-state index is -5.51. The van der Waals surface area contributed by atoms with E-state index in [2.05, 4.69) is 14.7 Å². The molecule has 4 N–H and O–H groups in total. The first-order valence-corrected chi connectivity index (χ1v) is 12.9. The lowest BCUT2D eigenvalue weighted by atomic mass is 9.81. The monoisotopic (exact) mass is 638 g/mol. The van der Waals surface area contributed by atoms with Gasteiger partial charge >= 0.3 is 12.5 Å². The van der Waals surface area contributed by atoms with Gasteiger partial charge in [0.05, 0.1) is 12.2 Å². The van der Waals surface area contributed by atoms with Crippen LogP contribution in [-0.2, 0) is 15.8 Å². The summed E-state index contributed by atoms with van der Waals surface area (Å²) in [5.41, 5.74) is -2.29. The van der Waals surface area contributed by atoms with Gasteiger partial charge in [0, 0.05) is 28.3 Å². The first kappa shape index (κ1) is 31.4. The van der Waals surface area contributed by atoms with Crippen molar-refractivity contribution >= 4 is 22.7 Å². The molecule has 236 valence electrons. The van der Waals surface area contributed by atoms with Crippen molar-refractivity contribution in [3.63, 3.8) is 0 Å². The average Bonchev–Trinajstić information content (AvgIpc) is 3.32. The second-order valence-electron chi connectivity index (χ2n) is 10.4. The van der Waals surface area contributed by atoms with E-state index in [1.807, 2.05) is 5.32 Å². The molecule has 0 radical (unpaired) electrons. The van der Waals surface area contributed by atoms with Crippen LogP contribution < -0.4 is 20.5 Å². The largest absolute Gasteiger partial charge is 0.573 e. The van der Waals surface area contributed by atoms with E-state index in [1.165, 1.54) is 37.4 Å². The van der Waals surface area contributed by atoms with Crippen molar-refractivity contribution in [3.8, 4) is 22.8 Å². The number of pyridine rings is 2. The summed E-state index contributed by atoms with van der Waals surface area (Å²) in [7, 11) is 0. The van der Waals surface area contributed by atoms with E-state index in [4.69, 9.17) is 10.5 Å². The Kier molecular flexibility index (Phi) is 7.59. The first-order chi connectivity index (χ1) is 20.9. The number of halogens is 7. The standard InChI is InChI=1S/C29H21F7N4O5/c1-26(25(37)42)13-44-23-18(26)11-20(40-22(23)14-4-6-17(30)7-5-14)27(43,28(31,32)33)12-39-24(41)16-9-15-3-2-8-38-21(15)19(10-16)45-29(34,35)36/h2-11,43H,12-13H2,1H3,(H2,37,42)(H,39,41)/t26-,27-/m0/s1. The van der Waals surface area contributed by atoms with Crippen molar-refractivity contribution in [2.75, 3.05) is 13.2 Å². The summed E-state index contributed by atoms with van der Waals surface area (Å²) in [6.07, 6.45) is -9.52. The Balaban J connectivity index is 1.58. The molecular weight excluding hydrogens is 617 g/mol. The number of carbonyl (C=O) groups excluding carboxylic acids is 2. The van der Waals surface area contributed by atoms with Gasteiger partial charge in [-0.05, 0) is 55.5 Å². The highest BCUT2D eigenvalue weighted by atomic mass is 19.4. The molecule has 0 aliphatic carbocycles. The highest BCUT2D eigenvalue weighted by Gasteiger charge is 2.57. The van der Waals surface area contributed by atoms with E-state index < -0.39 is 64.7 Å². The van der Waals surface area contributed by atoms with Crippen LogP contribution in [-0.4, -0.2) is 52.6 Å². The number of amides is 2. The molecule has 2 aromatic carbocycles. The first-order valence-electron chi connectivity index (χ1n) is 12.9. The molecule has 0 spiro atoms. The third kappa shape index (κ3) is 5.80. The highest BCUT2D eigenvalue weighted by Crippen LogP contribution is 2.47. The van der Waals surface area contributed by atoms with Crippen molar-refractivity contribution in [2.24, 2.45) is 5.73 Å². The van der Waals surface area contributed by atoms with Gasteiger partial charge in [0.2, 0.25) is 11.5 Å². The molecule has 4 aromatic rings. The van der Waals surface area contributed by atoms with Crippen molar-refractivity contribution < 1.29 is 54.9 Å². The molecule has 0 saturated carbocycles. The Morgan fingerprint density at radius 1 is 1.09 bits per heavy atom. The smallest absolute Gasteiger partial charge is 0.489 e. The molecule has 2 atom stereocenters. The molecule has 45 heavy (non-hydrogen) atoms. The number of ether oxygens (including phenoxy) is 2. The number of aliphatic hydroxyl groups is 1. The van der Waals surface area contributed by atoms with E-state index in [9.17, 15) is 45.4 Å². The lowest BCUT2D eigenvalue weighted by molar-refractivity contribution is -0.274. The molecule has 2 amide bonds. The van der Waals surface area contributed by atoms with Crippen LogP contribution in [0, 0.1) is 5.82 Å². The molecule has 1 aliphatic heterocycles. The summed E-state index contributed by atoms with van der Waals surface area (Å²) >= 11 is 0. The number of aromatic nitrogens is 2. The van der Waals surface area contributed by atoms with Crippen molar-refractivity contribution in [2.45, 2.75) is 30.5 Å². The molecule has 0 fully saturated rings. The fraction of sp³-hybridized carbons (Fsp3) is 0.241. The van der Waals surface area contributed by atoms with Crippen molar-refractivity contribution in [1.29, 1.82) is 0 Å². The second-order valence-corrected chi connectivity index (χ2v) is 10.4. The topological polar surface area (TPSA) is 137 Å². The normalized spacial score (nSPS) is 17.7. The average molecular weight is 638 g/mol. The number of alkyl halides is 6. The summed E-state index contributed by atoms with van der Waals surface area (Å²) in [6, 6.07) is 9.53. The fourth-order valence-electron chi connectivity index (χ4n) is 4.74. The van der Waals surface area contributed by atoms with Gasteiger partial charge < -0.3 is 25.6 Å². The number of fused-ring (bicyclic) bond motifs is 2. The molecule has 5 rings (SSSR count). The van der Waals surface area contributed by atoms with Gasteiger partial charge in [-0.3, -0.25) is 14.6 Å². The number of benzene rings is 2. The van der Waals surface area contributed by atoms with Crippen LogP contribution in [0.4, 0.5) is 30.7 Å². The van der Waals surface area contributed by atoms with E-state index in [1.54, 1.807) is 0 Å². The predicted octanol–water partition coefficient (Wildman–Crippen LogP) is 4.65. The molecule has 0 unspecified atom stereocenters. The second kappa shape index (κ2) is 10.9. The van der Waals surface area contributed by atoms with Gasteiger partial charge in [0.25, 0.3) is 5.91 Å². The van der Waals surface area contributed by atoms with Crippen LogP contribution in [0.5, 0.6) is 11.5 Å². The highest BCUT2D eigenvalue weighted by molar-refractivity contribution is 6.00. The van der Waals surface area contributed by atoms with Crippen LogP contribution in [0.25, 0.3) is 22.2 Å². The summed E-state index contributed by atoms with van der Waals surface area (Å²) < 4.78 is 106. The van der Waals surface area contributed by atoms with Gasteiger partial charge in [-0.25, -0.2) is 9.37 Å². The molecule has 9 nitrogen and oxygen atoms in total. The summed E-state index contributed by atoms with van der Waals surface area (Å²) in [4.78, 5) is 33.2. The van der Waals surface area contributed by atoms with E-state index in [0.717, 1.165) is 24.3 Å². The van der Waals surface area contributed by atoms with Crippen molar-refractivity contribution in [3.05, 3.63) is 83.4 Å². The maximum atomic E-state index is 14.6. The summed E-state index contributed by atoms with van der Waals surface area (Å²) in [5, 5.41) is 13.1. The van der Waals surface area contributed by atoms with Gasteiger partial charge in [0.1, 0.15) is 34.8 Å². The molecule has 3 heterocycles. The van der Waals surface area contributed by atoms with Gasteiger partial charge in [-0.15, -0.1) is 13.2 Å². The third-order valence-corrected chi connectivity index (χ3v) is 7.29. The number of hydrogen-bond donors (Lipinski definition) is 3. The molecule has 0 saturated heterocycles. The molecule has 2 aromatic heterocycles. The van der Waals surface area contributed by atoms with Crippen LogP contribution in [0.2, 0.25) is 0 Å². The fourth-order valence-corrected chi connectivity index (χ4v) is 4.74. The number of nitrogens with zero attached hydrogens (tertiary/aromatic N) is 2.